The van der Waals surface area contributed by atoms with Crippen molar-refractivity contribution in [3.63, 3.8) is 0 Å². The third-order valence-corrected chi connectivity index (χ3v) is 8.38. The summed E-state index contributed by atoms with van der Waals surface area (Å²) in [6.45, 7) is -0.0346. The highest BCUT2D eigenvalue weighted by Crippen LogP contribution is 2.43. The number of rotatable bonds is 7. The molecule has 10 nitrogen and oxygen atoms in total. The first-order chi connectivity index (χ1) is 19.5. The molecule has 0 aromatic carbocycles. The number of hydrogen-bond acceptors (Lipinski definition) is 7. The van der Waals surface area contributed by atoms with Gasteiger partial charge in [-0.15, -0.1) is 0 Å². The van der Waals surface area contributed by atoms with Crippen molar-refractivity contribution >= 4 is 17.5 Å². The lowest BCUT2D eigenvalue weighted by Gasteiger charge is -2.33. The number of nitrogens with one attached hydrogen (secondary N) is 2. The van der Waals surface area contributed by atoms with Crippen molar-refractivity contribution in [3.8, 4) is 0 Å². The summed E-state index contributed by atoms with van der Waals surface area (Å²) in [7, 11) is 0. The van der Waals surface area contributed by atoms with Crippen LogP contribution in [0.25, 0.3) is 5.65 Å². The lowest BCUT2D eigenvalue weighted by molar-refractivity contribution is -0.197. The molecule has 3 aliphatic rings. The molecule has 0 unspecified atom stereocenters. The third-order valence-electron chi connectivity index (χ3n) is 8.38. The molecule has 0 spiro atoms. The van der Waals surface area contributed by atoms with Gasteiger partial charge in [0.15, 0.2) is 11.3 Å². The molecule has 220 valence electrons. The number of fused-ring (bicyclic) bond motifs is 1. The van der Waals surface area contributed by atoms with Crippen LogP contribution in [0.4, 0.5) is 22.0 Å². The monoisotopic (exact) mass is 581 g/mol. The largest absolute Gasteiger partial charge is 0.392 e. The number of imidazole rings is 1. The lowest BCUT2D eigenvalue weighted by atomic mass is 9.81. The van der Waals surface area contributed by atoms with Gasteiger partial charge in [0.1, 0.15) is 5.69 Å². The number of amides is 2. The van der Waals surface area contributed by atoms with Gasteiger partial charge in [0, 0.05) is 25.3 Å². The van der Waals surface area contributed by atoms with Gasteiger partial charge in [-0.05, 0) is 61.2 Å². The van der Waals surface area contributed by atoms with Crippen LogP contribution in [0, 0.1) is 17.8 Å². The molecule has 2 N–H and O–H groups in total. The van der Waals surface area contributed by atoms with Crippen LogP contribution in [-0.4, -0.2) is 55.4 Å². The quantitative estimate of drug-likeness (QED) is 0.402. The maximum Gasteiger partial charge on any atom is 0.392 e. The summed E-state index contributed by atoms with van der Waals surface area (Å²) >= 11 is 0. The van der Waals surface area contributed by atoms with E-state index in [9.17, 15) is 31.5 Å². The van der Waals surface area contributed by atoms with E-state index in [1.165, 1.54) is 10.7 Å². The summed E-state index contributed by atoms with van der Waals surface area (Å²) in [5.41, 5.74) is 1.56. The van der Waals surface area contributed by atoms with Gasteiger partial charge in [0.2, 0.25) is 11.8 Å². The zero-order chi connectivity index (χ0) is 28.9. The normalized spacial score (nSPS) is 24.3. The van der Waals surface area contributed by atoms with Crippen LogP contribution < -0.4 is 10.6 Å². The number of halogens is 5. The van der Waals surface area contributed by atoms with Crippen molar-refractivity contribution in [1.29, 1.82) is 0 Å². The van der Waals surface area contributed by atoms with Gasteiger partial charge < -0.3 is 10.6 Å². The Balaban J connectivity index is 1.27. The number of nitrogens with zero attached hydrogens (tertiary/aromatic N) is 5. The average Bonchev–Trinajstić information content (AvgIpc) is 3.48. The second-order valence-corrected chi connectivity index (χ2v) is 11.3. The second-order valence-electron chi connectivity index (χ2n) is 11.3. The van der Waals surface area contributed by atoms with Crippen molar-refractivity contribution in [2.75, 3.05) is 6.54 Å². The van der Waals surface area contributed by atoms with Gasteiger partial charge in [0.25, 0.3) is 5.91 Å². The number of hydrogen-bond donors (Lipinski definition) is 2. The Hall–Kier alpha value is -3.65. The van der Waals surface area contributed by atoms with E-state index in [-0.39, 0.29) is 62.6 Å². The minimum Gasteiger partial charge on any atom is -0.356 e. The van der Waals surface area contributed by atoms with E-state index in [0.717, 1.165) is 12.8 Å². The fourth-order valence-corrected chi connectivity index (χ4v) is 5.96. The summed E-state index contributed by atoms with van der Waals surface area (Å²) in [5, 5.41) is 17.3. The highest BCUT2D eigenvalue weighted by Gasteiger charge is 2.48. The zero-order valence-electron chi connectivity index (χ0n) is 21.8. The first-order valence-electron chi connectivity index (χ1n) is 13.7. The SMILES string of the molecule is O=C(N[C@H](c1cn2ncc(C[C@H]3C(=O)NCC[C@@H]3C(F)(F)F)cc2n1)C1CCC(F)(F)CC1)c1nonc1C1CC1. The smallest absolute Gasteiger partial charge is 0.356 e. The highest BCUT2D eigenvalue weighted by atomic mass is 19.4. The fraction of sp³-hybridized carbons (Fsp3) is 0.615. The van der Waals surface area contributed by atoms with E-state index in [1.807, 2.05) is 0 Å². The molecule has 15 heteroatoms. The van der Waals surface area contributed by atoms with Crippen molar-refractivity contribution in [2.45, 2.75) is 75.4 Å². The number of alkyl halides is 5. The standard InChI is InChI=1S/C26H28F5N7O3/c27-25(28)6-3-15(4-7-25)20(35-24(40)22-21(14-1-2-14)36-41-37-22)18-12-38-19(34-18)10-13(11-33-38)9-16-17(26(29,30)31)5-8-32-23(16)39/h10-12,14-17,20H,1-9H2,(H,32,39)(H,35,40)/t16-,17+,20+/m1/s1. The van der Waals surface area contributed by atoms with Gasteiger partial charge in [-0.25, -0.2) is 22.9 Å². The Morgan fingerprint density at radius 2 is 1.93 bits per heavy atom. The first kappa shape index (κ1) is 27.5. The number of piperidine rings is 1. The van der Waals surface area contributed by atoms with E-state index in [4.69, 9.17) is 4.63 Å². The van der Waals surface area contributed by atoms with Crippen molar-refractivity contribution in [1.82, 2.24) is 35.5 Å². The molecule has 2 aliphatic carbocycles. The third kappa shape index (κ3) is 5.75. The van der Waals surface area contributed by atoms with Crippen molar-refractivity contribution in [3.05, 3.63) is 41.1 Å². The fourth-order valence-electron chi connectivity index (χ4n) is 5.96. The van der Waals surface area contributed by atoms with Crippen LogP contribution in [0.3, 0.4) is 0 Å². The molecule has 1 aliphatic heterocycles. The minimum absolute atomic E-state index is 0.0346. The summed E-state index contributed by atoms with van der Waals surface area (Å²) < 4.78 is 75.0. The molecule has 1 saturated heterocycles. The molecule has 4 heterocycles. The number of carbonyl (C=O) groups is 2. The van der Waals surface area contributed by atoms with E-state index in [2.05, 4.69) is 31.0 Å². The minimum atomic E-state index is -4.51. The molecule has 3 fully saturated rings. The molecular formula is C26H28F5N7O3. The molecule has 6 rings (SSSR count). The van der Waals surface area contributed by atoms with E-state index in [0.29, 0.717) is 22.6 Å². The Morgan fingerprint density at radius 1 is 1.17 bits per heavy atom. The molecule has 3 atom stereocenters. The number of carbonyl (C=O) groups excluding carboxylic acids is 2. The Bertz CT molecular complexity index is 1440. The molecule has 0 bridgehead atoms. The molecule has 2 amide bonds. The van der Waals surface area contributed by atoms with Crippen LogP contribution >= 0.6 is 0 Å². The maximum atomic E-state index is 14.0. The summed E-state index contributed by atoms with van der Waals surface area (Å²) in [6.07, 6.45) is -0.593. The molecule has 3 aromatic heterocycles. The Kier molecular flexibility index (Phi) is 6.92. The lowest BCUT2D eigenvalue weighted by Crippen LogP contribution is -2.48. The Morgan fingerprint density at radius 3 is 2.63 bits per heavy atom. The van der Waals surface area contributed by atoms with Gasteiger partial charge in [-0.2, -0.15) is 18.3 Å². The van der Waals surface area contributed by atoms with Crippen LogP contribution in [-0.2, 0) is 11.2 Å². The molecule has 0 radical (unpaired) electrons. The van der Waals surface area contributed by atoms with Gasteiger partial charge >= 0.3 is 6.18 Å². The molecule has 41 heavy (non-hydrogen) atoms. The molecular weight excluding hydrogens is 553 g/mol. The predicted octanol–water partition coefficient (Wildman–Crippen LogP) is 4.14. The van der Waals surface area contributed by atoms with Gasteiger partial charge in [-0.1, -0.05) is 5.16 Å². The maximum absolute atomic E-state index is 14.0. The van der Waals surface area contributed by atoms with Gasteiger partial charge in [-0.3, -0.25) is 9.59 Å². The van der Waals surface area contributed by atoms with E-state index >= 15 is 0 Å². The first-order valence-corrected chi connectivity index (χ1v) is 13.7. The molecule has 2 saturated carbocycles. The summed E-state index contributed by atoms with van der Waals surface area (Å²) in [6, 6.07) is 0.790. The molecule has 3 aromatic rings. The zero-order valence-corrected chi connectivity index (χ0v) is 21.8. The second kappa shape index (κ2) is 10.3. The van der Waals surface area contributed by atoms with Crippen LogP contribution in [0.2, 0.25) is 0 Å². The highest BCUT2D eigenvalue weighted by molar-refractivity contribution is 5.93. The average molecular weight is 582 g/mol. The van der Waals surface area contributed by atoms with Gasteiger partial charge in [0.05, 0.1) is 36.0 Å². The predicted molar refractivity (Wildman–Crippen MR) is 131 cm³/mol. The van der Waals surface area contributed by atoms with Crippen LogP contribution in [0.15, 0.2) is 23.1 Å². The summed E-state index contributed by atoms with van der Waals surface area (Å²) in [4.78, 5) is 30.2. The van der Waals surface area contributed by atoms with Crippen LogP contribution in [0.5, 0.6) is 0 Å². The summed E-state index contributed by atoms with van der Waals surface area (Å²) in [5.74, 6) is -7.32. The van der Waals surface area contributed by atoms with Crippen LogP contribution in [0.1, 0.15) is 84.3 Å². The van der Waals surface area contributed by atoms with Crippen molar-refractivity contribution < 1.29 is 36.2 Å². The topological polar surface area (TPSA) is 127 Å². The van der Waals surface area contributed by atoms with E-state index < -0.39 is 41.8 Å². The Labute approximate surface area is 230 Å². The number of aromatic nitrogens is 5. The van der Waals surface area contributed by atoms with E-state index in [1.54, 1.807) is 12.3 Å². The van der Waals surface area contributed by atoms with Crippen molar-refractivity contribution in [2.24, 2.45) is 17.8 Å².